The molecule has 6 nitrogen and oxygen atoms in total. The van der Waals surface area contributed by atoms with Crippen molar-refractivity contribution in [3.05, 3.63) is 58.5 Å². The minimum Gasteiger partial charge on any atom is -0.482 e. The summed E-state index contributed by atoms with van der Waals surface area (Å²) in [6.07, 6.45) is 6.44. The third kappa shape index (κ3) is 6.54. The van der Waals surface area contributed by atoms with Crippen LogP contribution in [-0.2, 0) is 9.59 Å². The van der Waals surface area contributed by atoms with E-state index in [9.17, 15) is 9.59 Å². The van der Waals surface area contributed by atoms with Crippen LogP contribution in [0.5, 0.6) is 5.75 Å². The Morgan fingerprint density at radius 3 is 2.72 bits per heavy atom. The fraction of sp³-hybridized carbons (Fsp3) is 0.333. The van der Waals surface area contributed by atoms with Gasteiger partial charge in [-0.2, -0.15) is 0 Å². The van der Waals surface area contributed by atoms with Crippen molar-refractivity contribution < 1.29 is 18.7 Å². The maximum absolute atomic E-state index is 12.2. The first-order chi connectivity index (χ1) is 14.0. The number of ether oxygens (including phenoxy) is 1. The van der Waals surface area contributed by atoms with Crippen LogP contribution in [0.1, 0.15) is 18.6 Å². The van der Waals surface area contributed by atoms with Gasteiger partial charge in [-0.15, -0.1) is 0 Å². The van der Waals surface area contributed by atoms with E-state index in [0.717, 1.165) is 12.8 Å². The van der Waals surface area contributed by atoms with E-state index in [0.29, 0.717) is 47.1 Å². The molecule has 3 rings (SSSR count). The van der Waals surface area contributed by atoms with Crippen LogP contribution in [-0.4, -0.2) is 43.0 Å². The molecule has 1 fully saturated rings. The van der Waals surface area contributed by atoms with Crippen LogP contribution in [0, 0.1) is 5.92 Å². The van der Waals surface area contributed by atoms with Crippen molar-refractivity contribution in [3.8, 4) is 5.75 Å². The fourth-order valence-electron chi connectivity index (χ4n) is 3.05. The number of amides is 2. The quantitative estimate of drug-likeness (QED) is 0.664. The summed E-state index contributed by atoms with van der Waals surface area (Å²) in [4.78, 5) is 26.1. The molecule has 0 radical (unpaired) electrons. The van der Waals surface area contributed by atoms with E-state index in [1.807, 2.05) is 4.90 Å². The number of benzene rings is 1. The second-order valence-electron chi connectivity index (χ2n) is 6.78. The summed E-state index contributed by atoms with van der Waals surface area (Å²) in [5.41, 5.74) is 0. The van der Waals surface area contributed by atoms with Crippen LogP contribution in [0.4, 0.5) is 0 Å². The molecule has 0 unspecified atom stereocenters. The van der Waals surface area contributed by atoms with Gasteiger partial charge in [0.25, 0.3) is 5.91 Å². The summed E-state index contributed by atoms with van der Waals surface area (Å²) in [5.74, 6) is 1.16. The first kappa shape index (κ1) is 21.3. The normalized spacial score (nSPS) is 14.9. The van der Waals surface area contributed by atoms with E-state index in [1.165, 1.54) is 6.08 Å². The van der Waals surface area contributed by atoms with E-state index >= 15 is 0 Å². The number of nitrogens with zero attached hydrogens (tertiary/aromatic N) is 1. The Bertz CT molecular complexity index is 860. The largest absolute Gasteiger partial charge is 0.482 e. The highest BCUT2D eigenvalue weighted by molar-refractivity contribution is 6.35. The molecular formula is C21H22Cl2N2O4. The van der Waals surface area contributed by atoms with Gasteiger partial charge in [-0.25, -0.2) is 0 Å². The zero-order valence-electron chi connectivity index (χ0n) is 15.8. The van der Waals surface area contributed by atoms with Crippen molar-refractivity contribution >= 4 is 41.1 Å². The highest BCUT2D eigenvalue weighted by Gasteiger charge is 2.22. The Kier molecular flexibility index (Phi) is 7.61. The van der Waals surface area contributed by atoms with Crippen molar-refractivity contribution in [1.29, 1.82) is 0 Å². The molecular weight excluding hydrogens is 415 g/mol. The molecule has 0 atom stereocenters. The summed E-state index contributed by atoms with van der Waals surface area (Å²) in [6, 6.07) is 8.42. The van der Waals surface area contributed by atoms with E-state index in [2.05, 4.69) is 5.32 Å². The Hall–Kier alpha value is -2.44. The lowest BCUT2D eigenvalue weighted by Gasteiger charge is -2.31. The average Bonchev–Trinajstić information content (AvgIpc) is 3.24. The molecule has 0 spiro atoms. The number of carbonyl (C=O) groups is 2. The molecule has 1 aromatic carbocycles. The standard InChI is InChI=1S/C21H22Cl2N2O4/c22-16-3-5-19(18(23)12-16)29-14-20(26)24-13-15-7-9-25(10-8-15)21(27)6-4-17-2-1-11-28-17/h1-6,11-12,15H,7-10,13-14H2,(H,24,26). The number of furan rings is 1. The SMILES string of the molecule is O=C(COc1ccc(Cl)cc1Cl)NCC1CCN(C(=O)C=Cc2ccco2)CC1. The predicted molar refractivity (Wildman–Crippen MR) is 112 cm³/mol. The monoisotopic (exact) mass is 436 g/mol. The van der Waals surface area contributed by atoms with E-state index in [-0.39, 0.29) is 18.4 Å². The predicted octanol–water partition coefficient (Wildman–Crippen LogP) is 4.03. The van der Waals surface area contributed by atoms with Gasteiger partial charge in [0.15, 0.2) is 6.61 Å². The van der Waals surface area contributed by atoms with E-state index in [1.54, 1.807) is 42.7 Å². The first-order valence-corrected chi connectivity index (χ1v) is 10.1. The van der Waals surface area contributed by atoms with Crippen LogP contribution in [0.15, 0.2) is 47.1 Å². The van der Waals surface area contributed by atoms with Crippen molar-refractivity contribution in [1.82, 2.24) is 10.2 Å². The number of halogens is 2. The lowest BCUT2D eigenvalue weighted by Crippen LogP contribution is -2.41. The Morgan fingerprint density at radius 1 is 1.24 bits per heavy atom. The molecule has 0 saturated carbocycles. The van der Waals surface area contributed by atoms with Gasteiger partial charge in [0.05, 0.1) is 11.3 Å². The second-order valence-corrected chi connectivity index (χ2v) is 7.63. The van der Waals surface area contributed by atoms with Crippen molar-refractivity contribution in [3.63, 3.8) is 0 Å². The molecule has 154 valence electrons. The Labute approximate surface area is 179 Å². The molecule has 1 aliphatic heterocycles. The fourth-order valence-corrected chi connectivity index (χ4v) is 3.51. The molecule has 1 aliphatic rings. The molecule has 1 saturated heterocycles. The van der Waals surface area contributed by atoms with Gasteiger partial charge in [-0.1, -0.05) is 23.2 Å². The number of hydrogen-bond acceptors (Lipinski definition) is 4. The number of carbonyl (C=O) groups excluding carboxylic acids is 2. The maximum atomic E-state index is 12.2. The lowest BCUT2D eigenvalue weighted by molar-refractivity contribution is -0.128. The van der Waals surface area contributed by atoms with Gasteiger partial charge in [0, 0.05) is 30.7 Å². The molecule has 0 bridgehead atoms. The summed E-state index contributed by atoms with van der Waals surface area (Å²) < 4.78 is 10.6. The van der Waals surface area contributed by atoms with Crippen molar-refractivity contribution in [2.24, 2.45) is 5.92 Å². The third-order valence-corrected chi connectivity index (χ3v) is 5.23. The van der Waals surface area contributed by atoms with Crippen molar-refractivity contribution in [2.45, 2.75) is 12.8 Å². The second kappa shape index (κ2) is 10.4. The smallest absolute Gasteiger partial charge is 0.257 e. The lowest BCUT2D eigenvalue weighted by atomic mass is 9.96. The zero-order chi connectivity index (χ0) is 20.6. The summed E-state index contributed by atoms with van der Waals surface area (Å²) in [6.45, 7) is 1.77. The Balaban J connectivity index is 1.35. The molecule has 2 heterocycles. The number of piperidine rings is 1. The maximum Gasteiger partial charge on any atom is 0.257 e. The summed E-state index contributed by atoms with van der Waals surface area (Å²) in [5, 5.41) is 3.75. The number of rotatable bonds is 7. The van der Waals surface area contributed by atoms with Gasteiger partial charge in [0.2, 0.25) is 5.91 Å². The minimum absolute atomic E-state index is 0.0304. The van der Waals surface area contributed by atoms with Gasteiger partial charge in [-0.05, 0) is 55.2 Å². The highest BCUT2D eigenvalue weighted by Crippen LogP contribution is 2.27. The Morgan fingerprint density at radius 2 is 2.03 bits per heavy atom. The molecule has 2 aromatic rings. The van der Waals surface area contributed by atoms with Crippen molar-refractivity contribution in [2.75, 3.05) is 26.2 Å². The van der Waals surface area contributed by atoms with Crippen LogP contribution >= 0.6 is 23.2 Å². The van der Waals surface area contributed by atoms with Gasteiger partial charge < -0.3 is 19.4 Å². The van der Waals surface area contributed by atoms with Crippen LogP contribution in [0.25, 0.3) is 6.08 Å². The number of hydrogen-bond donors (Lipinski definition) is 1. The molecule has 1 N–H and O–H groups in total. The summed E-state index contributed by atoms with van der Waals surface area (Å²) in [7, 11) is 0. The average molecular weight is 437 g/mol. The van der Waals surface area contributed by atoms with Gasteiger partial charge >= 0.3 is 0 Å². The highest BCUT2D eigenvalue weighted by atomic mass is 35.5. The molecule has 1 aromatic heterocycles. The van der Waals surface area contributed by atoms with E-state index < -0.39 is 0 Å². The van der Waals surface area contributed by atoms with E-state index in [4.69, 9.17) is 32.4 Å². The molecule has 2 amide bonds. The molecule has 29 heavy (non-hydrogen) atoms. The summed E-state index contributed by atoms with van der Waals surface area (Å²) >= 11 is 11.9. The number of likely N-dealkylation sites (tertiary alicyclic amines) is 1. The molecule has 8 heteroatoms. The topological polar surface area (TPSA) is 71.8 Å². The van der Waals surface area contributed by atoms with Crippen LogP contribution < -0.4 is 10.1 Å². The van der Waals surface area contributed by atoms with Crippen LogP contribution in [0.2, 0.25) is 10.0 Å². The van der Waals surface area contributed by atoms with Crippen LogP contribution in [0.3, 0.4) is 0 Å². The van der Waals surface area contributed by atoms with Gasteiger partial charge in [-0.3, -0.25) is 9.59 Å². The molecule has 0 aliphatic carbocycles. The third-order valence-electron chi connectivity index (χ3n) is 4.70. The minimum atomic E-state index is -0.212. The number of nitrogens with one attached hydrogen (secondary N) is 1. The first-order valence-electron chi connectivity index (χ1n) is 9.36. The van der Waals surface area contributed by atoms with Gasteiger partial charge in [0.1, 0.15) is 11.5 Å². The zero-order valence-corrected chi connectivity index (χ0v) is 17.3.